The zero-order valence-electron chi connectivity index (χ0n) is 13.3. The predicted octanol–water partition coefficient (Wildman–Crippen LogP) is 3.37. The lowest BCUT2D eigenvalue weighted by molar-refractivity contribution is -0.116. The Morgan fingerprint density at radius 2 is 1.70 bits per heavy atom. The van der Waals surface area contributed by atoms with Gasteiger partial charge in [-0.15, -0.1) is 0 Å². The van der Waals surface area contributed by atoms with Crippen molar-refractivity contribution in [2.75, 3.05) is 10.6 Å². The van der Waals surface area contributed by atoms with Crippen LogP contribution in [-0.2, 0) is 11.2 Å². The molecule has 0 heterocycles. The summed E-state index contributed by atoms with van der Waals surface area (Å²) in [4.78, 5) is 22.9. The molecule has 2 aromatic carbocycles. The number of nitrogens with two attached hydrogens (primary N) is 1. The summed E-state index contributed by atoms with van der Waals surface area (Å²) in [5.74, 6) is -0.0683. The van der Waals surface area contributed by atoms with Gasteiger partial charge in [0.15, 0.2) is 0 Å². The first-order valence-corrected chi connectivity index (χ1v) is 7.46. The minimum Gasteiger partial charge on any atom is -0.351 e. The topological polar surface area (TPSA) is 84.2 Å². The smallest absolute Gasteiger partial charge is 0.316 e. The van der Waals surface area contributed by atoms with Crippen LogP contribution in [0.15, 0.2) is 42.5 Å². The van der Waals surface area contributed by atoms with Crippen molar-refractivity contribution in [3.05, 3.63) is 59.2 Å². The molecule has 0 saturated carbocycles. The Kier molecular flexibility index (Phi) is 5.36. The minimum absolute atomic E-state index is 0.0683. The molecule has 0 bridgehead atoms. The number of primary amides is 1. The van der Waals surface area contributed by atoms with Crippen LogP contribution < -0.4 is 16.4 Å². The fraction of sp³-hybridized carbons (Fsp3) is 0.222. The Morgan fingerprint density at radius 3 is 2.35 bits per heavy atom. The number of hydrogen-bond donors (Lipinski definition) is 3. The third kappa shape index (κ3) is 5.14. The number of aryl methyl sites for hydroxylation is 3. The molecule has 0 aliphatic rings. The zero-order chi connectivity index (χ0) is 16.8. The Bertz CT molecular complexity index is 726. The van der Waals surface area contributed by atoms with Crippen molar-refractivity contribution in [2.45, 2.75) is 26.7 Å². The fourth-order valence-electron chi connectivity index (χ4n) is 2.41. The van der Waals surface area contributed by atoms with Gasteiger partial charge in [-0.2, -0.15) is 0 Å². The van der Waals surface area contributed by atoms with Crippen LogP contribution in [0.1, 0.15) is 23.1 Å². The molecule has 0 aliphatic carbocycles. The van der Waals surface area contributed by atoms with Gasteiger partial charge in [0.2, 0.25) is 5.91 Å². The van der Waals surface area contributed by atoms with Crippen LogP contribution in [0.4, 0.5) is 16.2 Å². The monoisotopic (exact) mass is 311 g/mol. The molecular formula is C18H21N3O2. The first-order valence-electron chi connectivity index (χ1n) is 7.46. The Labute approximate surface area is 135 Å². The van der Waals surface area contributed by atoms with Crippen molar-refractivity contribution in [3.63, 3.8) is 0 Å². The third-order valence-corrected chi connectivity index (χ3v) is 3.53. The molecule has 0 atom stereocenters. The number of anilines is 2. The highest BCUT2D eigenvalue weighted by Gasteiger charge is 2.06. The number of urea groups is 1. The second kappa shape index (κ2) is 7.45. The molecule has 0 aromatic heterocycles. The van der Waals surface area contributed by atoms with Crippen LogP contribution in [0.2, 0.25) is 0 Å². The molecule has 0 unspecified atom stereocenters. The molecule has 2 aromatic rings. The molecule has 0 fully saturated rings. The number of carbonyl (C=O) groups excluding carboxylic acids is 2. The quantitative estimate of drug-likeness (QED) is 0.791. The summed E-state index contributed by atoms with van der Waals surface area (Å²) >= 11 is 0. The number of rotatable bonds is 5. The summed E-state index contributed by atoms with van der Waals surface area (Å²) in [5.41, 5.74) is 9.84. The Morgan fingerprint density at radius 1 is 1.00 bits per heavy atom. The largest absolute Gasteiger partial charge is 0.351 e. The maximum absolute atomic E-state index is 12.1. The molecule has 0 radical (unpaired) electrons. The van der Waals surface area contributed by atoms with Crippen molar-refractivity contribution in [1.29, 1.82) is 0 Å². The van der Waals surface area contributed by atoms with Gasteiger partial charge >= 0.3 is 6.03 Å². The first-order chi connectivity index (χ1) is 10.9. The molecular weight excluding hydrogens is 290 g/mol. The summed E-state index contributed by atoms with van der Waals surface area (Å²) < 4.78 is 0. The van der Waals surface area contributed by atoms with Gasteiger partial charge in [0.05, 0.1) is 0 Å². The molecule has 5 heteroatoms. The Balaban J connectivity index is 1.93. The summed E-state index contributed by atoms with van der Waals surface area (Å²) in [5, 5.41) is 5.30. The van der Waals surface area contributed by atoms with E-state index in [0.29, 0.717) is 24.2 Å². The number of amides is 3. The van der Waals surface area contributed by atoms with Gasteiger partial charge in [-0.05, 0) is 49.6 Å². The van der Waals surface area contributed by atoms with Crippen LogP contribution in [0.3, 0.4) is 0 Å². The summed E-state index contributed by atoms with van der Waals surface area (Å²) in [6, 6.07) is 12.5. The number of carbonyl (C=O) groups is 2. The van der Waals surface area contributed by atoms with E-state index in [1.807, 2.05) is 0 Å². The van der Waals surface area contributed by atoms with Crippen molar-refractivity contribution in [1.82, 2.24) is 0 Å². The second-order valence-corrected chi connectivity index (χ2v) is 5.55. The summed E-state index contributed by atoms with van der Waals surface area (Å²) in [7, 11) is 0. The highest BCUT2D eigenvalue weighted by atomic mass is 16.2. The minimum atomic E-state index is -0.636. The zero-order valence-corrected chi connectivity index (χ0v) is 13.3. The van der Waals surface area contributed by atoms with E-state index in [1.165, 1.54) is 16.7 Å². The van der Waals surface area contributed by atoms with Crippen LogP contribution >= 0.6 is 0 Å². The maximum Gasteiger partial charge on any atom is 0.316 e. The van der Waals surface area contributed by atoms with E-state index >= 15 is 0 Å². The lowest BCUT2D eigenvalue weighted by Gasteiger charge is -2.09. The molecule has 0 spiro atoms. The highest BCUT2D eigenvalue weighted by Crippen LogP contribution is 2.16. The SMILES string of the molecule is Cc1ccc(CCC(=O)Nc2cccc(NC(N)=O)c2)c(C)c1. The van der Waals surface area contributed by atoms with E-state index < -0.39 is 6.03 Å². The lowest BCUT2D eigenvalue weighted by atomic mass is 10.0. The van der Waals surface area contributed by atoms with Gasteiger partial charge in [-0.1, -0.05) is 29.8 Å². The van der Waals surface area contributed by atoms with Crippen LogP contribution in [0.5, 0.6) is 0 Å². The van der Waals surface area contributed by atoms with Gasteiger partial charge in [0.25, 0.3) is 0 Å². The normalized spacial score (nSPS) is 10.2. The summed E-state index contributed by atoms with van der Waals surface area (Å²) in [6.45, 7) is 4.11. The van der Waals surface area contributed by atoms with Gasteiger partial charge in [0, 0.05) is 17.8 Å². The molecule has 0 saturated heterocycles. The van der Waals surface area contributed by atoms with Crippen molar-refractivity contribution < 1.29 is 9.59 Å². The van der Waals surface area contributed by atoms with Crippen molar-refractivity contribution >= 4 is 23.3 Å². The van der Waals surface area contributed by atoms with Gasteiger partial charge in [-0.3, -0.25) is 4.79 Å². The van der Waals surface area contributed by atoms with E-state index in [-0.39, 0.29) is 5.91 Å². The maximum atomic E-state index is 12.1. The average molecular weight is 311 g/mol. The van der Waals surface area contributed by atoms with Crippen LogP contribution in [0, 0.1) is 13.8 Å². The fourth-order valence-corrected chi connectivity index (χ4v) is 2.41. The van der Waals surface area contributed by atoms with Gasteiger partial charge in [-0.25, -0.2) is 4.79 Å². The van der Waals surface area contributed by atoms with E-state index in [9.17, 15) is 9.59 Å². The molecule has 23 heavy (non-hydrogen) atoms. The van der Waals surface area contributed by atoms with Crippen LogP contribution in [-0.4, -0.2) is 11.9 Å². The van der Waals surface area contributed by atoms with Gasteiger partial charge < -0.3 is 16.4 Å². The van der Waals surface area contributed by atoms with Crippen LogP contribution in [0.25, 0.3) is 0 Å². The molecule has 3 amide bonds. The first kappa shape index (κ1) is 16.5. The lowest BCUT2D eigenvalue weighted by Crippen LogP contribution is -2.19. The molecule has 120 valence electrons. The Hall–Kier alpha value is -2.82. The van der Waals surface area contributed by atoms with Gasteiger partial charge in [0.1, 0.15) is 0 Å². The van der Waals surface area contributed by atoms with E-state index in [0.717, 1.165) is 0 Å². The van der Waals surface area contributed by atoms with Crippen molar-refractivity contribution in [3.8, 4) is 0 Å². The van der Waals surface area contributed by atoms with E-state index in [2.05, 4.69) is 42.7 Å². The number of benzene rings is 2. The molecule has 0 aliphatic heterocycles. The predicted molar refractivity (Wildman–Crippen MR) is 92.5 cm³/mol. The molecule has 5 nitrogen and oxygen atoms in total. The average Bonchev–Trinajstić information content (AvgIpc) is 2.46. The third-order valence-electron chi connectivity index (χ3n) is 3.53. The number of hydrogen-bond acceptors (Lipinski definition) is 2. The van der Waals surface area contributed by atoms with E-state index in [4.69, 9.17) is 5.73 Å². The standard InChI is InChI=1S/C18H21N3O2/c1-12-6-7-14(13(2)10-12)8-9-17(22)20-15-4-3-5-16(11-15)21-18(19)23/h3-7,10-11H,8-9H2,1-2H3,(H,20,22)(H3,19,21,23). The van der Waals surface area contributed by atoms with Crippen molar-refractivity contribution in [2.24, 2.45) is 5.73 Å². The van der Waals surface area contributed by atoms with E-state index in [1.54, 1.807) is 24.3 Å². The molecule has 2 rings (SSSR count). The highest BCUT2D eigenvalue weighted by molar-refractivity contribution is 5.93. The summed E-state index contributed by atoms with van der Waals surface area (Å²) in [6.07, 6.45) is 1.09. The molecule has 4 N–H and O–H groups in total. The second-order valence-electron chi connectivity index (χ2n) is 5.55. The number of nitrogens with one attached hydrogen (secondary N) is 2.